The highest BCUT2D eigenvalue weighted by atomic mass is 32.1. The number of likely N-dealkylation sites (tertiary alicyclic amines) is 1. The summed E-state index contributed by atoms with van der Waals surface area (Å²) in [6, 6.07) is 6.16. The minimum atomic E-state index is -0.302. The van der Waals surface area contributed by atoms with Gasteiger partial charge in [0, 0.05) is 18.4 Å². The fraction of sp³-hybridized carbons (Fsp3) is 0.389. The van der Waals surface area contributed by atoms with Gasteiger partial charge in [0.15, 0.2) is 6.04 Å². The fourth-order valence-electron chi connectivity index (χ4n) is 3.79. The lowest BCUT2D eigenvalue weighted by Gasteiger charge is -2.33. The Labute approximate surface area is 159 Å². The van der Waals surface area contributed by atoms with E-state index in [2.05, 4.69) is 10.1 Å². The van der Waals surface area contributed by atoms with Gasteiger partial charge in [0.2, 0.25) is 10.8 Å². The van der Waals surface area contributed by atoms with Gasteiger partial charge >= 0.3 is 5.97 Å². The van der Waals surface area contributed by atoms with Crippen molar-refractivity contribution in [3.63, 3.8) is 0 Å². The third kappa shape index (κ3) is 3.28. The van der Waals surface area contributed by atoms with Gasteiger partial charge in [-0.25, -0.2) is 9.37 Å². The summed E-state index contributed by atoms with van der Waals surface area (Å²) in [6.45, 7) is 1.49. The van der Waals surface area contributed by atoms with Crippen molar-refractivity contribution in [3.05, 3.63) is 46.9 Å². The van der Waals surface area contributed by atoms with Crippen molar-refractivity contribution < 1.29 is 23.9 Å². The Hall–Kier alpha value is -2.52. The van der Waals surface area contributed by atoms with Crippen LogP contribution in [0.4, 0.5) is 4.39 Å². The molecule has 9 heteroatoms. The number of nitrogens with zero attached hydrogens (tertiary/aromatic N) is 3. The number of aromatic hydroxyl groups is 1. The standard InChI is InChI=1S/C18H19FN4O3S/c1-26-17(25)12-6-8-22(9-7-12)14(11-2-4-13(19)5-3-11)15-16(24)23-18(27-15)20-10-21-23/h2-5,10,12,14,24H,6-9H2,1H3/p+1/t14-/m1/s1. The van der Waals surface area contributed by atoms with Crippen LogP contribution < -0.4 is 4.90 Å². The molecule has 0 radical (unpaired) electrons. The molecule has 2 aromatic heterocycles. The monoisotopic (exact) mass is 391 g/mol. The first-order chi connectivity index (χ1) is 13.1. The van der Waals surface area contributed by atoms with Gasteiger partial charge in [-0.05, 0) is 24.3 Å². The zero-order valence-electron chi connectivity index (χ0n) is 14.8. The number of benzene rings is 1. The number of hydrogen-bond acceptors (Lipinski definition) is 6. The first kappa shape index (κ1) is 17.9. The molecular formula is C18H20FN4O3S+. The lowest BCUT2D eigenvalue weighted by atomic mass is 9.93. The normalized spacial score (nSPS) is 21.3. The minimum absolute atomic E-state index is 0.0596. The molecule has 0 amide bonds. The number of methoxy groups -OCH3 is 1. The number of rotatable bonds is 4. The summed E-state index contributed by atoms with van der Waals surface area (Å²) in [5.74, 6) is -0.509. The Kier molecular flexibility index (Phi) is 4.79. The highest BCUT2D eigenvalue weighted by molar-refractivity contribution is 7.17. The number of halogens is 1. The number of nitrogens with one attached hydrogen (secondary N) is 1. The molecule has 1 aromatic carbocycles. The van der Waals surface area contributed by atoms with Gasteiger partial charge in [0.05, 0.1) is 26.1 Å². The molecule has 3 heterocycles. The summed E-state index contributed by atoms with van der Waals surface area (Å²) in [7, 11) is 1.41. The van der Waals surface area contributed by atoms with E-state index in [-0.39, 0.29) is 29.6 Å². The highest BCUT2D eigenvalue weighted by Gasteiger charge is 2.37. The Bertz CT molecular complexity index is 947. The van der Waals surface area contributed by atoms with Gasteiger partial charge in [-0.15, -0.1) is 0 Å². The zero-order valence-corrected chi connectivity index (χ0v) is 15.6. The summed E-state index contributed by atoms with van der Waals surface area (Å²) in [4.78, 5) is 18.5. The quantitative estimate of drug-likeness (QED) is 0.653. The summed E-state index contributed by atoms with van der Waals surface area (Å²) >= 11 is 1.38. The maximum Gasteiger partial charge on any atom is 0.309 e. The summed E-state index contributed by atoms with van der Waals surface area (Å²) in [5.41, 5.74) is 0.905. The smallest absolute Gasteiger partial charge is 0.309 e. The number of carbonyl (C=O) groups is 1. The molecule has 0 saturated carbocycles. The molecule has 27 heavy (non-hydrogen) atoms. The molecule has 0 bridgehead atoms. The Morgan fingerprint density at radius 3 is 2.70 bits per heavy atom. The number of quaternary nitrogens is 1. The van der Waals surface area contributed by atoms with E-state index in [0.29, 0.717) is 17.8 Å². The van der Waals surface area contributed by atoms with Gasteiger partial charge in [-0.3, -0.25) is 4.79 Å². The van der Waals surface area contributed by atoms with E-state index >= 15 is 0 Å². The van der Waals surface area contributed by atoms with Crippen molar-refractivity contribution in [2.24, 2.45) is 5.92 Å². The van der Waals surface area contributed by atoms with Crippen LogP contribution in [0.3, 0.4) is 0 Å². The van der Waals surface area contributed by atoms with Crippen LogP contribution in [0.1, 0.15) is 29.3 Å². The van der Waals surface area contributed by atoms with E-state index in [1.807, 2.05) is 0 Å². The van der Waals surface area contributed by atoms with E-state index in [4.69, 9.17) is 4.74 Å². The van der Waals surface area contributed by atoms with E-state index < -0.39 is 0 Å². The number of aromatic nitrogens is 3. The number of carbonyl (C=O) groups excluding carboxylic acids is 1. The van der Waals surface area contributed by atoms with Gasteiger partial charge in [0.1, 0.15) is 17.0 Å². The first-order valence-electron chi connectivity index (χ1n) is 8.77. The summed E-state index contributed by atoms with van der Waals surface area (Å²) < 4.78 is 19.7. The maximum absolute atomic E-state index is 13.4. The molecule has 0 spiro atoms. The highest BCUT2D eigenvalue weighted by Crippen LogP contribution is 2.35. The van der Waals surface area contributed by atoms with Crippen LogP contribution in [0, 0.1) is 11.7 Å². The molecule has 0 aliphatic carbocycles. The molecule has 142 valence electrons. The molecule has 1 aliphatic rings. The number of ether oxygens (including phenoxy) is 1. The van der Waals surface area contributed by atoms with Crippen LogP contribution >= 0.6 is 11.3 Å². The average molecular weight is 391 g/mol. The average Bonchev–Trinajstić information content (AvgIpc) is 3.27. The van der Waals surface area contributed by atoms with Gasteiger partial charge in [0.25, 0.3) is 0 Å². The molecular weight excluding hydrogens is 371 g/mol. The lowest BCUT2D eigenvalue weighted by molar-refractivity contribution is -0.930. The van der Waals surface area contributed by atoms with Crippen molar-refractivity contribution in [1.29, 1.82) is 0 Å². The van der Waals surface area contributed by atoms with Crippen molar-refractivity contribution in [2.45, 2.75) is 18.9 Å². The number of piperidine rings is 1. The summed E-state index contributed by atoms with van der Waals surface area (Å²) in [6.07, 6.45) is 2.82. The molecule has 1 atom stereocenters. The van der Waals surface area contributed by atoms with E-state index in [1.54, 1.807) is 12.1 Å². The van der Waals surface area contributed by atoms with E-state index in [0.717, 1.165) is 23.5 Å². The van der Waals surface area contributed by atoms with Gasteiger partial charge in [-0.1, -0.05) is 11.3 Å². The van der Waals surface area contributed by atoms with Crippen molar-refractivity contribution >= 4 is 22.3 Å². The Morgan fingerprint density at radius 1 is 1.37 bits per heavy atom. The largest absolute Gasteiger partial charge is 0.492 e. The van der Waals surface area contributed by atoms with E-state index in [1.165, 1.54) is 46.3 Å². The Balaban J connectivity index is 1.69. The van der Waals surface area contributed by atoms with Crippen molar-refractivity contribution in [1.82, 2.24) is 14.6 Å². The minimum Gasteiger partial charge on any atom is -0.492 e. The molecule has 1 saturated heterocycles. The molecule has 1 fully saturated rings. The SMILES string of the molecule is COC(=O)C1CC[NH+]([C@H](c2ccc(F)cc2)c2sc3ncnn3c2O)CC1. The lowest BCUT2D eigenvalue weighted by Crippen LogP contribution is -3.13. The van der Waals surface area contributed by atoms with Crippen LogP contribution in [0.25, 0.3) is 4.96 Å². The van der Waals surface area contributed by atoms with E-state index in [9.17, 15) is 14.3 Å². The second-order valence-electron chi connectivity index (χ2n) is 6.68. The predicted octanol–water partition coefficient (Wildman–Crippen LogP) is 1.19. The van der Waals surface area contributed by atoms with Crippen LogP contribution in [0.5, 0.6) is 5.88 Å². The molecule has 0 unspecified atom stereocenters. The van der Waals surface area contributed by atoms with Crippen molar-refractivity contribution in [2.75, 3.05) is 20.2 Å². The van der Waals surface area contributed by atoms with Gasteiger partial charge in [-0.2, -0.15) is 9.61 Å². The third-order valence-corrected chi connectivity index (χ3v) is 6.27. The second kappa shape index (κ2) is 7.24. The number of hydrogen-bond donors (Lipinski definition) is 2. The van der Waals surface area contributed by atoms with Crippen LogP contribution in [0.15, 0.2) is 30.6 Å². The Morgan fingerprint density at radius 2 is 2.07 bits per heavy atom. The first-order valence-corrected chi connectivity index (χ1v) is 9.59. The molecule has 7 nitrogen and oxygen atoms in total. The van der Waals surface area contributed by atoms with Crippen LogP contribution in [0.2, 0.25) is 0 Å². The fourth-order valence-corrected chi connectivity index (χ4v) is 4.90. The number of thiazole rings is 1. The summed E-state index contributed by atoms with van der Waals surface area (Å²) in [5, 5.41) is 14.7. The molecule has 2 N–H and O–H groups in total. The number of fused-ring (bicyclic) bond motifs is 1. The second-order valence-corrected chi connectivity index (χ2v) is 7.69. The van der Waals surface area contributed by atoms with Gasteiger partial charge < -0.3 is 14.7 Å². The maximum atomic E-state index is 13.4. The zero-order chi connectivity index (χ0) is 19.0. The molecule has 4 rings (SSSR count). The van der Waals surface area contributed by atoms with Crippen LogP contribution in [-0.2, 0) is 9.53 Å². The number of esters is 1. The van der Waals surface area contributed by atoms with Crippen LogP contribution in [-0.4, -0.2) is 45.9 Å². The third-order valence-electron chi connectivity index (χ3n) is 5.17. The topological polar surface area (TPSA) is 81.2 Å². The molecule has 1 aliphatic heterocycles. The predicted molar refractivity (Wildman–Crippen MR) is 96.2 cm³/mol. The van der Waals surface area contributed by atoms with Crippen molar-refractivity contribution in [3.8, 4) is 5.88 Å². The molecule has 3 aromatic rings.